The molecule has 1 aromatic carbocycles. The number of halogens is 1. The molecular weight excluding hydrogens is 416 g/mol. The lowest BCUT2D eigenvalue weighted by Gasteiger charge is -2.34. The molecule has 0 unspecified atom stereocenters. The molecule has 3 aliphatic rings. The molecule has 1 aromatic rings. The zero-order valence-electron chi connectivity index (χ0n) is 16.6. The Hall–Kier alpha value is -1.48. The SMILES string of the molecule is C[C@@H]1CN(S(=O)(=O)c2ccc(N3C(=O)CC4(CCCC4)C3=O)c(Cl)c2)C[C@H](C)O1. The highest BCUT2D eigenvalue weighted by molar-refractivity contribution is 7.89. The van der Waals surface area contributed by atoms with Crippen molar-refractivity contribution in [2.75, 3.05) is 18.0 Å². The van der Waals surface area contributed by atoms with Crippen molar-refractivity contribution in [2.45, 2.75) is 63.1 Å². The third-order valence-corrected chi connectivity index (χ3v) is 8.27. The minimum absolute atomic E-state index is 0.0437. The molecule has 0 aromatic heterocycles. The average Bonchev–Trinajstić information content (AvgIpc) is 3.20. The summed E-state index contributed by atoms with van der Waals surface area (Å²) in [6.45, 7) is 4.19. The van der Waals surface area contributed by atoms with E-state index in [4.69, 9.17) is 16.3 Å². The van der Waals surface area contributed by atoms with Crippen LogP contribution in [-0.4, -0.2) is 49.8 Å². The molecule has 0 radical (unpaired) electrons. The van der Waals surface area contributed by atoms with Crippen molar-refractivity contribution in [1.82, 2.24) is 4.31 Å². The molecule has 9 heteroatoms. The zero-order chi connectivity index (χ0) is 21.0. The maximum absolute atomic E-state index is 13.1. The fourth-order valence-electron chi connectivity index (χ4n) is 4.79. The van der Waals surface area contributed by atoms with Crippen molar-refractivity contribution in [3.63, 3.8) is 0 Å². The maximum atomic E-state index is 13.1. The van der Waals surface area contributed by atoms with Crippen LogP contribution in [0.15, 0.2) is 23.1 Å². The normalized spacial score (nSPS) is 27.9. The van der Waals surface area contributed by atoms with Crippen molar-refractivity contribution < 1.29 is 22.7 Å². The van der Waals surface area contributed by atoms with Gasteiger partial charge in [0.15, 0.2) is 0 Å². The van der Waals surface area contributed by atoms with Gasteiger partial charge in [-0.2, -0.15) is 4.31 Å². The van der Waals surface area contributed by atoms with E-state index in [2.05, 4.69) is 0 Å². The van der Waals surface area contributed by atoms with E-state index >= 15 is 0 Å². The summed E-state index contributed by atoms with van der Waals surface area (Å²) in [7, 11) is -3.76. The Morgan fingerprint density at radius 3 is 2.31 bits per heavy atom. The molecule has 2 aliphatic heterocycles. The number of carbonyl (C=O) groups excluding carboxylic acids is 2. The molecule has 2 saturated heterocycles. The van der Waals surface area contributed by atoms with E-state index in [9.17, 15) is 18.0 Å². The summed E-state index contributed by atoms with van der Waals surface area (Å²) in [5.74, 6) is -0.487. The van der Waals surface area contributed by atoms with Crippen LogP contribution in [0.3, 0.4) is 0 Å². The van der Waals surface area contributed by atoms with Crippen LogP contribution in [0.4, 0.5) is 5.69 Å². The van der Waals surface area contributed by atoms with Gasteiger partial charge in [-0.1, -0.05) is 24.4 Å². The molecule has 29 heavy (non-hydrogen) atoms. The fourth-order valence-corrected chi connectivity index (χ4v) is 6.73. The molecule has 3 fully saturated rings. The summed E-state index contributed by atoms with van der Waals surface area (Å²) in [5.41, 5.74) is -0.348. The van der Waals surface area contributed by atoms with E-state index < -0.39 is 15.4 Å². The summed E-state index contributed by atoms with van der Waals surface area (Å²) >= 11 is 6.38. The molecule has 2 atom stereocenters. The third-order valence-electron chi connectivity index (χ3n) is 6.14. The van der Waals surface area contributed by atoms with Crippen LogP contribution in [0.1, 0.15) is 46.0 Å². The standard InChI is InChI=1S/C20H25ClN2O5S/c1-13-11-22(12-14(2)28-13)29(26,27)15-5-6-17(16(21)9-15)23-18(24)10-20(19(23)25)7-3-4-8-20/h5-6,9,13-14H,3-4,7-8,10-12H2,1-2H3/t13-,14+. The number of morpholine rings is 1. The van der Waals surface area contributed by atoms with Gasteiger partial charge in [-0.05, 0) is 44.9 Å². The Morgan fingerprint density at radius 2 is 1.72 bits per heavy atom. The first-order valence-corrected chi connectivity index (χ1v) is 11.8. The highest BCUT2D eigenvalue weighted by atomic mass is 35.5. The molecule has 0 N–H and O–H groups in total. The molecule has 2 amide bonds. The number of benzene rings is 1. The smallest absolute Gasteiger partial charge is 0.243 e. The van der Waals surface area contributed by atoms with E-state index in [1.165, 1.54) is 22.5 Å². The van der Waals surface area contributed by atoms with Crippen LogP contribution in [-0.2, 0) is 24.3 Å². The second-order valence-corrected chi connectivity index (χ2v) is 10.7. The largest absolute Gasteiger partial charge is 0.373 e. The summed E-state index contributed by atoms with van der Waals surface area (Å²) in [6, 6.07) is 4.21. The molecule has 0 bridgehead atoms. The summed E-state index contributed by atoms with van der Waals surface area (Å²) in [5, 5.41) is 0.0807. The van der Waals surface area contributed by atoms with E-state index in [0.717, 1.165) is 17.7 Å². The van der Waals surface area contributed by atoms with Crippen molar-refractivity contribution in [3.8, 4) is 0 Å². The molecule has 158 valence electrons. The Bertz CT molecular complexity index is 948. The van der Waals surface area contributed by atoms with E-state index in [0.29, 0.717) is 12.8 Å². The Labute approximate surface area is 176 Å². The third kappa shape index (κ3) is 3.50. The number of hydrogen-bond donors (Lipinski definition) is 0. The average molecular weight is 441 g/mol. The molecule has 1 saturated carbocycles. The monoisotopic (exact) mass is 440 g/mol. The van der Waals surface area contributed by atoms with Crippen LogP contribution in [0, 0.1) is 5.41 Å². The summed E-state index contributed by atoms with van der Waals surface area (Å²) < 4.78 is 33.1. The molecule has 1 aliphatic carbocycles. The predicted octanol–water partition coefficient (Wildman–Crippen LogP) is 2.96. The van der Waals surface area contributed by atoms with Crippen LogP contribution in [0.5, 0.6) is 0 Å². The quantitative estimate of drug-likeness (QED) is 0.674. The van der Waals surface area contributed by atoms with Gasteiger partial charge in [0.1, 0.15) is 0 Å². The Balaban J connectivity index is 1.63. The number of anilines is 1. The van der Waals surface area contributed by atoms with Crippen molar-refractivity contribution in [1.29, 1.82) is 0 Å². The van der Waals surface area contributed by atoms with Gasteiger partial charge in [0.05, 0.1) is 33.2 Å². The zero-order valence-corrected chi connectivity index (χ0v) is 18.1. The lowest BCUT2D eigenvalue weighted by molar-refractivity contribution is -0.125. The van der Waals surface area contributed by atoms with Crippen LogP contribution < -0.4 is 4.90 Å². The van der Waals surface area contributed by atoms with Gasteiger partial charge in [0.2, 0.25) is 21.8 Å². The van der Waals surface area contributed by atoms with E-state index in [1.54, 1.807) is 0 Å². The van der Waals surface area contributed by atoms with Gasteiger partial charge in [-0.25, -0.2) is 13.3 Å². The van der Waals surface area contributed by atoms with Crippen LogP contribution >= 0.6 is 11.6 Å². The van der Waals surface area contributed by atoms with Crippen LogP contribution in [0.25, 0.3) is 0 Å². The topological polar surface area (TPSA) is 84.0 Å². The number of ether oxygens (including phenoxy) is 1. The molecule has 4 rings (SSSR count). The lowest BCUT2D eigenvalue weighted by atomic mass is 9.84. The molecule has 1 spiro atoms. The van der Waals surface area contributed by atoms with E-state index in [-0.39, 0.29) is 59.1 Å². The number of amides is 2. The molecule has 2 heterocycles. The van der Waals surface area contributed by atoms with Gasteiger partial charge >= 0.3 is 0 Å². The summed E-state index contributed by atoms with van der Waals surface area (Å²) in [4.78, 5) is 26.8. The molecular formula is C20H25ClN2O5S. The summed E-state index contributed by atoms with van der Waals surface area (Å²) in [6.07, 6.45) is 3.10. The molecule has 7 nitrogen and oxygen atoms in total. The lowest BCUT2D eigenvalue weighted by Crippen LogP contribution is -2.48. The van der Waals surface area contributed by atoms with Gasteiger partial charge in [0.25, 0.3) is 0 Å². The minimum atomic E-state index is -3.76. The number of hydrogen-bond acceptors (Lipinski definition) is 5. The maximum Gasteiger partial charge on any atom is 0.243 e. The van der Waals surface area contributed by atoms with Crippen molar-refractivity contribution in [2.24, 2.45) is 5.41 Å². The van der Waals surface area contributed by atoms with Gasteiger partial charge in [-0.3, -0.25) is 9.59 Å². The first-order chi connectivity index (χ1) is 13.6. The van der Waals surface area contributed by atoms with E-state index in [1.807, 2.05) is 13.8 Å². The number of sulfonamides is 1. The van der Waals surface area contributed by atoms with Gasteiger partial charge in [0, 0.05) is 19.5 Å². The minimum Gasteiger partial charge on any atom is -0.373 e. The number of imide groups is 1. The predicted molar refractivity (Wildman–Crippen MR) is 108 cm³/mol. The van der Waals surface area contributed by atoms with Gasteiger partial charge in [-0.15, -0.1) is 0 Å². The fraction of sp³-hybridized carbons (Fsp3) is 0.600. The number of carbonyl (C=O) groups is 2. The highest BCUT2D eigenvalue weighted by Crippen LogP contribution is 2.49. The Morgan fingerprint density at radius 1 is 1.10 bits per heavy atom. The number of nitrogens with zero attached hydrogens (tertiary/aromatic N) is 2. The van der Waals surface area contributed by atoms with Gasteiger partial charge < -0.3 is 4.74 Å². The number of rotatable bonds is 3. The van der Waals surface area contributed by atoms with Crippen LogP contribution in [0.2, 0.25) is 5.02 Å². The highest BCUT2D eigenvalue weighted by Gasteiger charge is 2.53. The first-order valence-electron chi connectivity index (χ1n) is 9.97. The van der Waals surface area contributed by atoms with Crippen molar-refractivity contribution >= 4 is 39.1 Å². The second kappa shape index (κ2) is 7.34. The Kier molecular flexibility index (Phi) is 5.26. The second-order valence-electron chi connectivity index (χ2n) is 8.39. The first kappa shape index (κ1) is 20.8. The van der Waals surface area contributed by atoms with Crippen molar-refractivity contribution in [3.05, 3.63) is 23.2 Å².